The third kappa shape index (κ3) is 3.94. The third-order valence-corrected chi connectivity index (χ3v) is 5.19. The number of carbonyl (C=O) groups is 1. The van der Waals surface area contributed by atoms with Crippen LogP contribution in [0.1, 0.15) is 5.56 Å². The van der Waals surface area contributed by atoms with Gasteiger partial charge in [-0.2, -0.15) is 0 Å². The summed E-state index contributed by atoms with van der Waals surface area (Å²) in [4.78, 5) is 21.1. The number of aromatic nitrogens is 2. The zero-order valence-corrected chi connectivity index (χ0v) is 16.0. The summed E-state index contributed by atoms with van der Waals surface area (Å²) in [6, 6.07) is 16.9. The number of carbonyl (C=O) groups excluding carboxylic acids is 1. The number of hydrogen-bond donors (Lipinski definition) is 2. The first-order valence-electron chi connectivity index (χ1n) is 8.69. The molecule has 4 aromatic rings. The quantitative estimate of drug-likeness (QED) is 0.497. The van der Waals surface area contributed by atoms with Gasteiger partial charge in [0.25, 0.3) is 5.91 Å². The Labute approximate surface area is 166 Å². The number of aryl methyl sites for hydroxylation is 1. The summed E-state index contributed by atoms with van der Waals surface area (Å²) in [7, 11) is 0. The highest BCUT2D eigenvalue weighted by molar-refractivity contribution is 7.21. The second-order valence-corrected chi connectivity index (χ2v) is 7.31. The average molecular weight is 390 g/mol. The molecule has 2 aromatic heterocycles. The number of nitrogen functional groups attached to an aromatic ring is 1. The van der Waals surface area contributed by atoms with Gasteiger partial charge in [0, 0.05) is 5.69 Å². The van der Waals surface area contributed by atoms with Gasteiger partial charge >= 0.3 is 0 Å². The first-order valence-corrected chi connectivity index (χ1v) is 9.51. The van der Waals surface area contributed by atoms with Gasteiger partial charge in [-0.1, -0.05) is 18.2 Å². The van der Waals surface area contributed by atoms with E-state index in [4.69, 9.17) is 10.5 Å². The van der Waals surface area contributed by atoms with Crippen molar-refractivity contribution in [2.45, 2.75) is 6.92 Å². The number of nitrogens with one attached hydrogen (secondary N) is 1. The normalized spacial score (nSPS) is 10.8. The van der Waals surface area contributed by atoms with Crippen LogP contribution in [0.15, 0.2) is 60.8 Å². The van der Waals surface area contributed by atoms with Crippen LogP contribution < -0.4 is 15.8 Å². The first-order chi connectivity index (χ1) is 13.6. The van der Waals surface area contributed by atoms with Crippen LogP contribution in [0.3, 0.4) is 0 Å². The standard InChI is InChI=1S/C21H18N4O2S/c1-13-4-2-3-5-18(13)27-12-20(26)24-15-7-8-16(23-11-15)21-25-17-10-14(22)6-9-19(17)28-21/h2-11H,12,22H2,1H3,(H,24,26). The molecular formula is C21H18N4O2S. The van der Waals surface area contributed by atoms with Gasteiger partial charge in [0.1, 0.15) is 10.8 Å². The summed E-state index contributed by atoms with van der Waals surface area (Å²) in [5.74, 6) is 0.455. The molecule has 0 aliphatic carbocycles. The van der Waals surface area contributed by atoms with Gasteiger partial charge in [-0.3, -0.25) is 9.78 Å². The van der Waals surface area contributed by atoms with Gasteiger partial charge in [-0.25, -0.2) is 4.98 Å². The van der Waals surface area contributed by atoms with Crippen molar-refractivity contribution in [1.82, 2.24) is 9.97 Å². The lowest BCUT2D eigenvalue weighted by molar-refractivity contribution is -0.118. The molecule has 2 aromatic carbocycles. The molecule has 0 atom stereocenters. The molecule has 6 nitrogen and oxygen atoms in total. The molecule has 0 saturated heterocycles. The summed E-state index contributed by atoms with van der Waals surface area (Å²) in [6.07, 6.45) is 1.61. The largest absolute Gasteiger partial charge is 0.483 e. The maximum atomic E-state index is 12.1. The zero-order valence-electron chi connectivity index (χ0n) is 15.2. The van der Waals surface area contributed by atoms with E-state index in [9.17, 15) is 4.79 Å². The number of nitrogens with two attached hydrogens (primary N) is 1. The lowest BCUT2D eigenvalue weighted by atomic mass is 10.2. The fourth-order valence-corrected chi connectivity index (χ4v) is 3.63. The van der Waals surface area contributed by atoms with E-state index >= 15 is 0 Å². The lowest BCUT2D eigenvalue weighted by Crippen LogP contribution is -2.20. The second-order valence-electron chi connectivity index (χ2n) is 6.28. The maximum absolute atomic E-state index is 12.1. The van der Waals surface area contributed by atoms with E-state index < -0.39 is 0 Å². The number of ether oxygens (including phenoxy) is 1. The zero-order chi connectivity index (χ0) is 19.5. The molecule has 0 unspecified atom stereocenters. The van der Waals surface area contributed by atoms with Crippen LogP contribution in [0.4, 0.5) is 11.4 Å². The minimum atomic E-state index is -0.242. The lowest BCUT2D eigenvalue weighted by Gasteiger charge is -2.09. The van der Waals surface area contributed by atoms with E-state index in [1.54, 1.807) is 23.6 Å². The van der Waals surface area contributed by atoms with E-state index in [2.05, 4.69) is 15.3 Å². The van der Waals surface area contributed by atoms with Crippen molar-refractivity contribution in [2.24, 2.45) is 0 Å². The summed E-state index contributed by atoms with van der Waals surface area (Å²) in [5, 5.41) is 3.59. The Morgan fingerprint density at radius 3 is 2.82 bits per heavy atom. The number of thiazole rings is 1. The minimum Gasteiger partial charge on any atom is -0.483 e. The van der Waals surface area contributed by atoms with Gasteiger partial charge in [0.05, 0.1) is 27.8 Å². The van der Waals surface area contributed by atoms with Gasteiger partial charge < -0.3 is 15.8 Å². The minimum absolute atomic E-state index is 0.0636. The highest BCUT2D eigenvalue weighted by Gasteiger charge is 2.09. The number of anilines is 2. The summed E-state index contributed by atoms with van der Waals surface area (Å²) >= 11 is 1.55. The first kappa shape index (κ1) is 17.9. The molecule has 0 aliphatic heterocycles. The summed E-state index contributed by atoms with van der Waals surface area (Å²) in [5.41, 5.74) is 9.68. The molecule has 4 rings (SSSR count). The predicted octanol–water partition coefficient (Wildman–Crippen LogP) is 4.27. The van der Waals surface area contributed by atoms with Crippen LogP contribution in [0.5, 0.6) is 5.75 Å². The third-order valence-electron chi connectivity index (χ3n) is 4.13. The SMILES string of the molecule is Cc1ccccc1OCC(=O)Nc1ccc(-c2nc3cc(N)ccc3s2)nc1. The van der Waals surface area contributed by atoms with E-state index in [-0.39, 0.29) is 12.5 Å². The van der Waals surface area contributed by atoms with Crippen molar-refractivity contribution in [3.63, 3.8) is 0 Å². The van der Waals surface area contributed by atoms with E-state index in [0.29, 0.717) is 17.1 Å². The highest BCUT2D eigenvalue weighted by Crippen LogP contribution is 2.30. The number of benzene rings is 2. The fraction of sp³-hybridized carbons (Fsp3) is 0.0952. The van der Waals surface area contributed by atoms with Crippen molar-refractivity contribution in [3.8, 4) is 16.5 Å². The predicted molar refractivity (Wildman–Crippen MR) is 113 cm³/mol. The molecule has 0 spiro atoms. The number of para-hydroxylation sites is 1. The number of fused-ring (bicyclic) bond motifs is 1. The number of rotatable bonds is 5. The van der Waals surface area contributed by atoms with Crippen molar-refractivity contribution < 1.29 is 9.53 Å². The van der Waals surface area contributed by atoms with E-state index in [1.165, 1.54) is 0 Å². The van der Waals surface area contributed by atoms with Crippen LogP contribution in [0.2, 0.25) is 0 Å². The number of hydrogen-bond acceptors (Lipinski definition) is 6. The molecule has 7 heteroatoms. The van der Waals surface area contributed by atoms with Crippen LogP contribution in [0.25, 0.3) is 20.9 Å². The van der Waals surface area contributed by atoms with Gasteiger partial charge in [-0.05, 0) is 48.9 Å². The highest BCUT2D eigenvalue weighted by atomic mass is 32.1. The van der Waals surface area contributed by atoms with Crippen molar-refractivity contribution >= 4 is 38.8 Å². The van der Waals surface area contributed by atoms with Crippen LogP contribution in [-0.4, -0.2) is 22.5 Å². The molecule has 140 valence electrons. The van der Waals surface area contributed by atoms with E-state index in [1.807, 2.05) is 55.5 Å². The molecular weight excluding hydrogens is 372 g/mol. The molecule has 2 heterocycles. The van der Waals surface area contributed by atoms with Crippen molar-refractivity contribution in [3.05, 3.63) is 66.4 Å². The Kier molecular flexibility index (Phi) is 4.90. The molecule has 1 amide bonds. The maximum Gasteiger partial charge on any atom is 0.262 e. The Bertz CT molecular complexity index is 1140. The summed E-state index contributed by atoms with van der Waals surface area (Å²) in [6.45, 7) is 1.87. The monoisotopic (exact) mass is 390 g/mol. The molecule has 0 bridgehead atoms. The Morgan fingerprint density at radius 1 is 1.18 bits per heavy atom. The van der Waals surface area contributed by atoms with Crippen molar-refractivity contribution in [2.75, 3.05) is 17.7 Å². The molecule has 0 aliphatic rings. The van der Waals surface area contributed by atoms with Gasteiger partial charge in [-0.15, -0.1) is 11.3 Å². The van der Waals surface area contributed by atoms with E-state index in [0.717, 1.165) is 26.5 Å². The Balaban J connectivity index is 1.41. The number of nitrogens with zero attached hydrogens (tertiary/aromatic N) is 2. The smallest absolute Gasteiger partial charge is 0.262 e. The molecule has 3 N–H and O–H groups in total. The second kappa shape index (κ2) is 7.66. The van der Waals surface area contributed by atoms with Crippen molar-refractivity contribution in [1.29, 1.82) is 0 Å². The number of pyridine rings is 1. The molecule has 28 heavy (non-hydrogen) atoms. The molecule has 0 radical (unpaired) electrons. The van der Waals surface area contributed by atoms with Crippen LogP contribution in [-0.2, 0) is 4.79 Å². The topological polar surface area (TPSA) is 90.1 Å². The Hall–Kier alpha value is -3.45. The molecule has 0 fully saturated rings. The van der Waals surface area contributed by atoms with Crippen LogP contribution >= 0.6 is 11.3 Å². The fourth-order valence-electron chi connectivity index (χ4n) is 2.71. The average Bonchev–Trinajstić information content (AvgIpc) is 3.11. The number of amides is 1. The van der Waals surface area contributed by atoms with Gasteiger partial charge in [0.15, 0.2) is 6.61 Å². The summed E-state index contributed by atoms with van der Waals surface area (Å²) < 4.78 is 6.61. The Morgan fingerprint density at radius 2 is 2.04 bits per heavy atom. The molecule has 0 saturated carbocycles. The van der Waals surface area contributed by atoms with Crippen LogP contribution in [0, 0.1) is 6.92 Å². The van der Waals surface area contributed by atoms with Gasteiger partial charge in [0.2, 0.25) is 0 Å².